The van der Waals surface area contributed by atoms with E-state index in [2.05, 4.69) is 11.9 Å². The molecule has 2 heteroatoms. The van der Waals surface area contributed by atoms with Crippen LogP contribution in [0.25, 0.3) is 0 Å². The summed E-state index contributed by atoms with van der Waals surface area (Å²) in [5.41, 5.74) is 7.66. The number of hydrogen-bond acceptors (Lipinski definition) is 2. The van der Waals surface area contributed by atoms with Crippen LogP contribution in [0.5, 0.6) is 0 Å². The van der Waals surface area contributed by atoms with Gasteiger partial charge in [-0.1, -0.05) is 12.5 Å². The van der Waals surface area contributed by atoms with Crippen LogP contribution >= 0.6 is 0 Å². The summed E-state index contributed by atoms with van der Waals surface area (Å²) in [4.78, 5) is 0. The van der Waals surface area contributed by atoms with Gasteiger partial charge in [0.25, 0.3) is 0 Å². The first-order valence-electron chi connectivity index (χ1n) is 3.99. The van der Waals surface area contributed by atoms with Gasteiger partial charge in [-0.15, -0.1) is 6.58 Å². The van der Waals surface area contributed by atoms with Crippen LogP contribution in [0.15, 0.2) is 24.0 Å². The van der Waals surface area contributed by atoms with Gasteiger partial charge in [-0.05, 0) is 19.8 Å². The van der Waals surface area contributed by atoms with Gasteiger partial charge >= 0.3 is 0 Å². The van der Waals surface area contributed by atoms with E-state index in [1.54, 1.807) is 0 Å². The van der Waals surface area contributed by atoms with Crippen LogP contribution < -0.4 is 11.1 Å². The molecule has 0 atom stereocenters. The molecule has 0 aliphatic rings. The maximum atomic E-state index is 5.57. The van der Waals surface area contributed by atoms with E-state index in [0.717, 1.165) is 25.1 Å². The summed E-state index contributed by atoms with van der Waals surface area (Å²) in [6.45, 7) is 8.78. The van der Waals surface area contributed by atoms with Crippen LogP contribution in [0.1, 0.15) is 26.7 Å². The van der Waals surface area contributed by atoms with Crippen LogP contribution in [-0.2, 0) is 0 Å². The lowest BCUT2D eigenvalue weighted by Gasteiger charge is -2.01. The summed E-state index contributed by atoms with van der Waals surface area (Å²) in [5, 5.41) is 3.12. The molecule has 3 N–H and O–H groups in total. The third kappa shape index (κ3) is 6.97. The molecule has 0 amide bonds. The molecule has 64 valence electrons. The van der Waals surface area contributed by atoms with Gasteiger partial charge in [0.1, 0.15) is 0 Å². The van der Waals surface area contributed by atoms with E-state index in [0.29, 0.717) is 0 Å². The maximum Gasteiger partial charge on any atom is 0.0237 e. The van der Waals surface area contributed by atoms with E-state index < -0.39 is 0 Å². The Hall–Kier alpha value is -0.920. The number of nitrogens with two attached hydrogens (primary N) is 1. The first kappa shape index (κ1) is 10.1. The Kier molecular flexibility index (Phi) is 5.35. The molecule has 0 bridgehead atoms. The molecule has 0 unspecified atom stereocenters. The SMILES string of the molecule is C=C(C)CCN/C=C(\N)CC. The highest BCUT2D eigenvalue weighted by Gasteiger charge is 1.85. The zero-order valence-electron chi connectivity index (χ0n) is 7.48. The van der Waals surface area contributed by atoms with E-state index in [-0.39, 0.29) is 0 Å². The van der Waals surface area contributed by atoms with E-state index in [1.165, 1.54) is 5.57 Å². The van der Waals surface area contributed by atoms with E-state index >= 15 is 0 Å². The van der Waals surface area contributed by atoms with E-state index in [1.807, 2.05) is 20.0 Å². The fourth-order valence-corrected chi connectivity index (χ4v) is 0.591. The molecule has 0 aromatic heterocycles. The predicted molar refractivity (Wildman–Crippen MR) is 50.0 cm³/mol. The molecule has 2 nitrogen and oxygen atoms in total. The van der Waals surface area contributed by atoms with Gasteiger partial charge in [-0.2, -0.15) is 0 Å². The van der Waals surface area contributed by atoms with Crippen molar-refractivity contribution in [3.63, 3.8) is 0 Å². The van der Waals surface area contributed by atoms with Crippen molar-refractivity contribution in [2.45, 2.75) is 26.7 Å². The molecule has 0 rings (SSSR count). The van der Waals surface area contributed by atoms with Gasteiger partial charge in [-0.25, -0.2) is 0 Å². The summed E-state index contributed by atoms with van der Waals surface area (Å²) < 4.78 is 0. The second-order valence-electron chi connectivity index (χ2n) is 2.73. The van der Waals surface area contributed by atoms with Crippen molar-refractivity contribution < 1.29 is 0 Å². The normalized spacial score (nSPS) is 11.3. The minimum absolute atomic E-state index is 0.895. The summed E-state index contributed by atoms with van der Waals surface area (Å²) in [5.74, 6) is 0. The topological polar surface area (TPSA) is 38.0 Å². The third-order valence-corrected chi connectivity index (χ3v) is 1.39. The van der Waals surface area contributed by atoms with Crippen LogP contribution in [-0.4, -0.2) is 6.54 Å². The Morgan fingerprint density at radius 3 is 2.73 bits per heavy atom. The van der Waals surface area contributed by atoms with Crippen LogP contribution in [0.3, 0.4) is 0 Å². The van der Waals surface area contributed by atoms with Gasteiger partial charge in [0.15, 0.2) is 0 Å². The smallest absolute Gasteiger partial charge is 0.0237 e. The minimum Gasteiger partial charge on any atom is -0.401 e. The summed E-state index contributed by atoms with van der Waals surface area (Å²) >= 11 is 0. The first-order valence-corrected chi connectivity index (χ1v) is 3.99. The van der Waals surface area contributed by atoms with Crippen LogP contribution in [0.4, 0.5) is 0 Å². The van der Waals surface area contributed by atoms with Crippen molar-refractivity contribution in [1.82, 2.24) is 5.32 Å². The maximum absolute atomic E-state index is 5.57. The van der Waals surface area contributed by atoms with Crippen molar-refractivity contribution in [3.8, 4) is 0 Å². The van der Waals surface area contributed by atoms with Gasteiger partial charge in [0.05, 0.1) is 0 Å². The summed E-state index contributed by atoms with van der Waals surface area (Å²) in [6.07, 6.45) is 3.77. The quantitative estimate of drug-likeness (QED) is 0.467. The number of nitrogens with one attached hydrogen (secondary N) is 1. The van der Waals surface area contributed by atoms with Crippen molar-refractivity contribution in [2.24, 2.45) is 5.73 Å². The van der Waals surface area contributed by atoms with Gasteiger partial charge < -0.3 is 11.1 Å². The molecule has 0 aliphatic carbocycles. The fourth-order valence-electron chi connectivity index (χ4n) is 0.591. The molecule has 0 fully saturated rings. The zero-order chi connectivity index (χ0) is 8.69. The monoisotopic (exact) mass is 154 g/mol. The minimum atomic E-state index is 0.895. The molecule has 0 saturated heterocycles. The van der Waals surface area contributed by atoms with E-state index in [9.17, 15) is 0 Å². The summed E-state index contributed by atoms with van der Waals surface area (Å²) in [6, 6.07) is 0. The second kappa shape index (κ2) is 5.83. The average molecular weight is 154 g/mol. The zero-order valence-corrected chi connectivity index (χ0v) is 7.48. The first-order chi connectivity index (χ1) is 5.16. The molecular formula is C9H18N2. The standard InChI is InChI=1S/C9H18N2/c1-4-9(10)7-11-6-5-8(2)3/h7,11H,2,4-6,10H2,1,3H3/b9-7-. The lowest BCUT2D eigenvalue weighted by Crippen LogP contribution is -2.10. The molecule has 0 aliphatic heterocycles. The number of rotatable bonds is 5. The van der Waals surface area contributed by atoms with Crippen molar-refractivity contribution >= 4 is 0 Å². The molecule has 0 heterocycles. The molecule has 0 aromatic carbocycles. The Labute approximate surface area is 69.2 Å². The molecule has 11 heavy (non-hydrogen) atoms. The third-order valence-electron chi connectivity index (χ3n) is 1.39. The molecule has 0 radical (unpaired) electrons. The van der Waals surface area contributed by atoms with Gasteiger partial charge in [0.2, 0.25) is 0 Å². The number of hydrogen-bond donors (Lipinski definition) is 2. The lowest BCUT2D eigenvalue weighted by atomic mass is 10.2. The average Bonchev–Trinajstić information content (AvgIpc) is 1.97. The lowest BCUT2D eigenvalue weighted by molar-refractivity contribution is 0.812. The molecule has 0 aromatic rings. The van der Waals surface area contributed by atoms with Crippen LogP contribution in [0.2, 0.25) is 0 Å². The van der Waals surface area contributed by atoms with Gasteiger partial charge in [0, 0.05) is 18.4 Å². The van der Waals surface area contributed by atoms with Crippen LogP contribution in [0, 0.1) is 0 Å². The second-order valence-corrected chi connectivity index (χ2v) is 2.73. The van der Waals surface area contributed by atoms with Crippen molar-refractivity contribution in [3.05, 3.63) is 24.0 Å². The molecular weight excluding hydrogens is 136 g/mol. The number of allylic oxidation sites excluding steroid dienone is 1. The Balaban J connectivity index is 3.33. The van der Waals surface area contributed by atoms with E-state index in [4.69, 9.17) is 5.73 Å². The Bertz CT molecular complexity index is 148. The fraction of sp³-hybridized carbons (Fsp3) is 0.556. The Morgan fingerprint density at radius 2 is 2.27 bits per heavy atom. The molecule has 0 spiro atoms. The van der Waals surface area contributed by atoms with Gasteiger partial charge in [-0.3, -0.25) is 0 Å². The summed E-state index contributed by atoms with van der Waals surface area (Å²) in [7, 11) is 0. The predicted octanol–water partition coefficient (Wildman–Crippen LogP) is 1.75. The largest absolute Gasteiger partial charge is 0.401 e. The van der Waals surface area contributed by atoms with Crippen molar-refractivity contribution in [2.75, 3.05) is 6.54 Å². The Morgan fingerprint density at radius 1 is 1.64 bits per heavy atom. The highest BCUT2D eigenvalue weighted by molar-refractivity contribution is 4.95. The molecule has 0 saturated carbocycles. The van der Waals surface area contributed by atoms with Crippen molar-refractivity contribution in [1.29, 1.82) is 0 Å². The highest BCUT2D eigenvalue weighted by atomic mass is 14.8. The highest BCUT2D eigenvalue weighted by Crippen LogP contribution is 1.92.